The SMILES string of the molecule is Nc1nnc(-c2ccc(OCc3nnc(-c4ccccc4Cl)o3)cc2)s1. The number of halogens is 1. The maximum atomic E-state index is 6.13. The summed E-state index contributed by atoms with van der Waals surface area (Å²) in [6.45, 7) is 0.155. The first-order valence-electron chi connectivity index (χ1n) is 7.58. The molecule has 0 spiro atoms. The lowest BCUT2D eigenvalue weighted by atomic mass is 10.2. The maximum Gasteiger partial charge on any atom is 0.254 e. The molecule has 7 nitrogen and oxygen atoms in total. The van der Waals surface area contributed by atoms with E-state index in [1.165, 1.54) is 11.3 Å². The largest absolute Gasteiger partial charge is 0.484 e. The molecule has 0 aliphatic carbocycles. The second-order valence-electron chi connectivity index (χ2n) is 5.24. The van der Waals surface area contributed by atoms with Crippen LogP contribution < -0.4 is 10.5 Å². The van der Waals surface area contributed by atoms with Crippen molar-refractivity contribution >= 4 is 28.1 Å². The van der Waals surface area contributed by atoms with Crippen molar-refractivity contribution in [3.05, 3.63) is 59.4 Å². The van der Waals surface area contributed by atoms with Crippen LogP contribution in [0.5, 0.6) is 5.75 Å². The molecular formula is C17H12ClN5O2S. The van der Waals surface area contributed by atoms with E-state index in [0.717, 1.165) is 10.6 Å². The van der Waals surface area contributed by atoms with Crippen LogP contribution in [0, 0.1) is 0 Å². The van der Waals surface area contributed by atoms with Gasteiger partial charge in [0.25, 0.3) is 5.89 Å². The Balaban J connectivity index is 1.42. The third-order valence-corrected chi connectivity index (χ3v) is 4.61. The highest BCUT2D eigenvalue weighted by Crippen LogP contribution is 2.28. The number of ether oxygens (including phenoxy) is 1. The molecule has 0 unspecified atom stereocenters. The number of nitrogens with zero attached hydrogens (tertiary/aromatic N) is 4. The molecule has 130 valence electrons. The molecule has 2 heterocycles. The van der Waals surface area contributed by atoms with Gasteiger partial charge in [0, 0.05) is 5.56 Å². The normalized spacial score (nSPS) is 10.8. The second-order valence-corrected chi connectivity index (χ2v) is 6.66. The number of hydrogen-bond donors (Lipinski definition) is 1. The second kappa shape index (κ2) is 7.11. The highest BCUT2D eigenvalue weighted by Gasteiger charge is 2.12. The molecule has 4 aromatic rings. The Hall–Kier alpha value is -2.97. The molecule has 0 aliphatic rings. The Morgan fingerprint density at radius 1 is 1.00 bits per heavy atom. The number of rotatable bonds is 5. The zero-order valence-electron chi connectivity index (χ0n) is 13.3. The van der Waals surface area contributed by atoms with Gasteiger partial charge in [-0.1, -0.05) is 35.1 Å². The highest BCUT2D eigenvalue weighted by molar-refractivity contribution is 7.18. The first kappa shape index (κ1) is 16.5. The molecule has 0 bridgehead atoms. The van der Waals surface area contributed by atoms with Gasteiger partial charge in [0.2, 0.25) is 11.0 Å². The van der Waals surface area contributed by atoms with E-state index in [0.29, 0.717) is 33.2 Å². The Morgan fingerprint density at radius 3 is 2.54 bits per heavy atom. The molecule has 9 heteroatoms. The molecule has 26 heavy (non-hydrogen) atoms. The predicted octanol–water partition coefficient (Wildman–Crippen LogP) is 4.07. The average molecular weight is 386 g/mol. The summed E-state index contributed by atoms with van der Waals surface area (Å²) in [7, 11) is 0. The monoisotopic (exact) mass is 385 g/mol. The smallest absolute Gasteiger partial charge is 0.254 e. The van der Waals surface area contributed by atoms with E-state index in [9.17, 15) is 0 Å². The summed E-state index contributed by atoms with van der Waals surface area (Å²) >= 11 is 7.46. The third-order valence-electron chi connectivity index (χ3n) is 3.48. The summed E-state index contributed by atoms with van der Waals surface area (Å²) in [5.74, 6) is 1.39. The van der Waals surface area contributed by atoms with E-state index in [4.69, 9.17) is 26.5 Å². The van der Waals surface area contributed by atoms with Crippen LogP contribution in [0.15, 0.2) is 52.9 Å². The van der Waals surface area contributed by atoms with Gasteiger partial charge in [-0.3, -0.25) is 0 Å². The van der Waals surface area contributed by atoms with Crippen LogP contribution in [0.4, 0.5) is 5.13 Å². The number of aromatic nitrogens is 4. The Labute approximate surface area is 157 Å². The van der Waals surface area contributed by atoms with Crippen molar-refractivity contribution in [2.24, 2.45) is 0 Å². The number of nitrogen functional groups attached to an aromatic ring is 1. The average Bonchev–Trinajstić information content (AvgIpc) is 3.30. The van der Waals surface area contributed by atoms with Gasteiger partial charge < -0.3 is 14.9 Å². The van der Waals surface area contributed by atoms with Crippen molar-refractivity contribution in [1.29, 1.82) is 0 Å². The van der Waals surface area contributed by atoms with Crippen molar-refractivity contribution in [2.75, 3.05) is 5.73 Å². The first-order chi connectivity index (χ1) is 12.7. The first-order valence-corrected chi connectivity index (χ1v) is 8.78. The standard InChI is InChI=1S/C17H12ClN5O2S/c18-13-4-2-1-3-12(13)15-21-20-14(25-15)9-24-11-7-5-10(6-8-11)16-22-23-17(19)26-16/h1-8H,9H2,(H2,19,23). The van der Waals surface area contributed by atoms with Crippen molar-refractivity contribution in [3.8, 4) is 27.8 Å². The summed E-state index contributed by atoms with van der Waals surface area (Å²) in [5.41, 5.74) is 7.21. The van der Waals surface area contributed by atoms with Gasteiger partial charge in [-0.25, -0.2) is 0 Å². The minimum Gasteiger partial charge on any atom is -0.484 e. The summed E-state index contributed by atoms with van der Waals surface area (Å²) in [6.07, 6.45) is 0. The number of benzene rings is 2. The zero-order valence-corrected chi connectivity index (χ0v) is 14.9. The summed E-state index contributed by atoms with van der Waals surface area (Å²) < 4.78 is 11.3. The third kappa shape index (κ3) is 3.51. The molecule has 0 atom stereocenters. The van der Waals surface area contributed by atoms with Crippen LogP contribution >= 0.6 is 22.9 Å². The van der Waals surface area contributed by atoms with Crippen LogP contribution in [-0.2, 0) is 6.61 Å². The molecule has 2 N–H and O–H groups in total. The Bertz CT molecular complexity index is 1030. The predicted molar refractivity (Wildman–Crippen MR) is 98.8 cm³/mol. The van der Waals surface area contributed by atoms with Crippen molar-refractivity contribution < 1.29 is 9.15 Å². The highest BCUT2D eigenvalue weighted by atomic mass is 35.5. The maximum absolute atomic E-state index is 6.13. The van der Waals surface area contributed by atoms with E-state index in [1.54, 1.807) is 6.07 Å². The summed E-state index contributed by atoms with van der Waals surface area (Å²) in [6, 6.07) is 14.7. The van der Waals surface area contributed by atoms with Crippen LogP contribution in [0.3, 0.4) is 0 Å². The van der Waals surface area contributed by atoms with Gasteiger partial charge in [0.05, 0.1) is 10.6 Å². The molecular weight excluding hydrogens is 374 g/mol. The van der Waals surface area contributed by atoms with Gasteiger partial charge in [0.15, 0.2) is 6.61 Å². The van der Waals surface area contributed by atoms with E-state index >= 15 is 0 Å². The van der Waals surface area contributed by atoms with Crippen LogP contribution in [0.1, 0.15) is 5.89 Å². The summed E-state index contributed by atoms with van der Waals surface area (Å²) in [4.78, 5) is 0. The van der Waals surface area contributed by atoms with Crippen LogP contribution in [-0.4, -0.2) is 20.4 Å². The molecule has 2 aromatic carbocycles. The lowest BCUT2D eigenvalue weighted by molar-refractivity contribution is 0.264. The Morgan fingerprint density at radius 2 is 1.81 bits per heavy atom. The quantitative estimate of drug-likeness (QED) is 0.552. The summed E-state index contributed by atoms with van der Waals surface area (Å²) in [5, 5.41) is 17.6. The Kier molecular flexibility index (Phi) is 4.51. The number of hydrogen-bond acceptors (Lipinski definition) is 8. The number of nitrogens with two attached hydrogens (primary N) is 1. The van der Waals surface area contributed by atoms with E-state index < -0.39 is 0 Å². The fraction of sp³-hybridized carbons (Fsp3) is 0.0588. The van der Waals surface area contributed by atoms with E-state index in [-0.39, 0.29) is 6.61 Å². The van der Waals surface area contributed by atoms with Crippen LogP contribution in [0.25, 0.3) is 22.0 Å². The van der Waals surface area contributed by atoms with Gasteiger partial charge >= 0.3 is 0 Å². The van der Waals surface area contributed by atoms with Gasteiger partial charge in [-0.05, 0) is 36.4 Å². The molecule has 0 fully saturated rings. The molecule has 0 saturated carbocycles. The van der Waals surface area contributed by atoms with Crippen LogP contribution in [0.2, 0.25) is 5.02 Å². The molecule has 0 aliphatic heterocycles. The lowest BCUT2D eigenvalue weighted by Crippen LogP contribution is -1.95. The molecule has 0 saturated heterocycles. The van der Waals surface area contributed by atoms with Crippen molar-refractivity contribution in [2.45, 2.75) is 6.61 Å². The molecule has 2 aromatic heterocycles. The molecule has 0 radical (unpaired) electrons. The fourth-order valence-corrected chi connectivity index (χ4v) is 3.08. The van der Waals surface area contributed by atoms with Gasteiger partial charge in [-0.2, -0.15) is 0 Å². The molecule has 4 rings (SSSR count). The van der Waals surface area contributed by atoms with Gasteiger partial charge in [-0.15, -0.1) is 20.4 Å². The van der Waals surface area contributed by atoms with E-state index in [2.05, 4.69) is 20.4 Å². The number of anilines is 1. The van der Waals surface area contributed by atoms with E-state index in [1.807, 2.05) is 42.5 Å². The zero-order chi connectivity index (χ0) is 17.9. The fourth-order valence-electron chi connectivity index (χ4n) is 2.25. The molecule has 0 amide bonds. The van der Waals surface area contributed by atoms with Crippen molar-refractivity contribution in [1.82, 2.24) is 20.4 Å². The lowest BCUT2D eigenvalue weighted by Gasteiger charge is -2.03. The topological polar surface area (TPSA) is 100.0 Å². The van der Waals surface area contributed by atoms with Gasteiger partial charge in [0.1, 0.15) is 10.8 Å². The minimum absolute atomic E-state index is 0.155. The van der Waals surface area contributed by atoms with Crippen molar-refractivity contribution in [3.63, 3.8) is 0 Å². The minimum atomic E-state index is 0.155.